The van der Waals surface area contributed by atoms with Crippen molar-refractivity contribution in [2.75, 3.05) is 0 Å². The van der Waals surface area contributed by atoms with Gasteiger partial charge in [0, 0.05) is 12.1 Å². The number of carbonyl (C=O) groups is 1. The van der Waals surface area contributed by atoms with Gasteiger partial charge in [0.1, 0.15) is 6.54 Å². The fourth-order valence-corrected chi connectivity index (χ4v) is 2.59. The van der Waals surface area contributed by atoms with E-state index in [0.29, 0.717) is 10.9 Å². The van der Waals surface area contributed by atoms with Crippen LogP contribution in [0.1, 0.15) is 32.7 Å². The number of aromatic nitrogens is 2. The minimum atomic E-state index is -0.440. The lowest BCUT2D eigenvalue weighted by atomic mass is 10.2. The minimum absolute atomic E-state index is 0.0666. The Balaban J connectivity index is 2.16. The minimum Gasteiger partial charge on any atom is -0.352 e. The Bertz CT molecular complexity index is 844. The number of para-hydroxylation sites is 1. The first-order valence-corrected chi connectivity index (χ1v) is 7.52. The maximum atomic E-state index is 12.6. The molecule has 6 nitrogen and oxygen atoms in total. The average Bonchev–Trinajstić information content (AvgIpc) is 3.27. The van der Waals surface area contributed by atoms with Gasteiger partial charge < -0.3 is 5.32 Å². The molecule has 1 amide bonds. The maximum absolute atomic E-state index is 12.6. The summed E-state index contributed by atoms with van der Waals surface area (Å²) in [4.78, 5) is 37.2. The first kappa shape index (κ1) is 14.6. The van der Waals surface area contributed by atoms with Gasteiger partial charge in [-0.2, -0.15) is 0 Å². The molecule has 2 aromatic rings. The van der Waals surface area contributed by atoms with Gasteiger partial charge in [-0.25, -0.2) is 4.79 Å². The van der Waals surface area contributed by atoms with Crippen molar-refractivity contribution in [3.05, 3.63) is 45.1 Å². The molecule has 3 rings (SSSR count). The highest BCUT2D eigenvalue weighted by atomic mass is 16.2. The van der Waals surface area contributed by atoms with Gasteiger partial charge in [-0.05, 0) is 38.8 Å². The number of hydrogen-bond donors (Lipinski definition) is 1. The highest BCUT2D eigenvalue weighted by molar-refractivity contribution is 5.81. The third-order valence-electron chi connectivity index (χ3n) is 3.84. The van der Waals surface area contributed by atoms with Crippen LogP contribution in [0, 0.1) is 0 Å². The van der Waals surface area contributed by atoms with Crippen LogP contribution in [-0.4, -0.2) is 21.1 Å². The average molecular weight is 301 g/mol. The van der Waals surface area contributed by atoms with Gasteiger partial charge in [0.15, 0.2) is 0 Å². The van der Waals surface area contributed by atoms with E-state index >= 15 is 0 Å². The number of hydrogen-bond acceptors (Lipinski definition) is 3. The predicted octanol–water partition coefficient (Wildman–Crippen LogP) is 1.02. The third-order valence-corrected chi connectivity index (χ3v) is 3.84. The predicted molar refractivity (Wildman–Crippen MR) is 84.0 cm³/mol. The van der Waals surface area contributed by atoms with Gasteiger partial charge in [0.25, 0.3) is 5.56 Å². The van der Waals surface area contributed by atoms with Crippen molar-refractivity contribution in [1.29, 1.82) is 0 Å². The molecular weight excluding hydrogens is 282 g/mol. The van der Waals surface area contributed by atoms with Crippen LogP contribution in [0.3, 0.4) is 0 Å². The van der Waals surface area contributed by atoms with Crippen LogP contribution in [0.4, 0.5) is 0 Å². The first-order chi connectivity index (χ1) is 10.5. The number of amides is 1. The molecule has 0 atom stereocenters. The molecule has 1 N–H and O–H groups in total. The number of nitrogens with one attached hydrogen (secondary N) is 1. The molecule has 1 fully saturated rings. The number of benzene rings is 1. The quantitative estimate of drug-likeness (QED) is 0.916. The summed E-state index contributed by atoms with van der Waals surface area (Å²) in [5, 5.41) is 3.33. The van der Waals surface area contributed by atoms with Crippen LogP contribution in [0.5, 0.6) is 0 Å². The Kier molecular flexibility index (Phi) is 3.60. The summed E-state index contributed by atoms with van der Waals surface area (Å²) in [5.41, 5.74) is -0.251. The molecule has 22 heavy (non-hydrogen) atoms. The summed E-state index contributed by atoms with van der Waals surface area (Å²) in [6.07, 6.45) is 1.99. The van der Waals surface area contributed by atoms with E-state index in [-0.39, 0.29) is 30.1 Å². The standard InChI is InChI=1S/C16H19N3O3/c1-10(2)19-15(21)12-5-3-4-6-13(12)18(16(19)22)9-14(20)17-11-7-8-11/h3-6,10-11H,7-9H2,1-2H3,(H,17,20). The molecule has 1 aliphatic carbocycles. The van der Waals surface area contributed by atoms with Gasteiger partial charge in [-0.1, -0.05) is 12.1 Å². The van der Waals surface area contributed by atoms with Crippen molar-refractivity contribution in [2.45, 2.75) is 45.3 Å². The van der Waals surface area contributed by atoms with Gasteiger partial charge in [0.2, 0.25) is 5.91 Å². The van der Waals surface area contributed by atoms with Crippen molar-refractivity contribution < 1.29 is 4.79 Å². The van der Waals surface area contributed by atoms with Crippen LogP contribution < -0.4 is 16.6 Å². The molecule has 1 saturated carbocycles. The van der Waals surface area contributed by atoms with Crippen molar-refractivity contribution in [3.8, 4) is 0 Å². The van der Waals surface area contributed by atoms with Gasteiger partial charge in [-0.3, -0.25) is 18.7 Å². The Morgan fingerprint density at radius 2 is 1.95 bits per heavy atom. The van der Waals surface area contributed by atoms with Crippen molar-refractivity contribution in [2.24, 2.45) is 0 Å². The summed E-state index contributed by atoms with van der Waals surface area (Å²) in [6, 6.07) is 6.88. The zero-order chi connectivity index (χ0) is 15.9. The molecule has 0 unspecified atom stereocenters. The van der Waals surface area contributed by atoms with Crippen molar-refractivity contribution in [3.63, 3.8) is 0 Å². The molecule has 6 heteroatoms. The van der Waals surface area contributed by atoms with Crippen LogP contribution in [-0.2, 0) is 11.3 Å². The lowest BCUT2D eigenvalue weighted by Gasteiger charge is -2.15. The van der Waals surface area contributed by atoms with E-state index in [0.717, 1.165) is 12.8 Å². The molecule has 1 heterocycles. The highest BCUT2D eigenvalue weighted by Gasteiger charge is 2.24. The molecule has 0 saturated heterocycles. The lowest BCUT2D eigenvalue weighted by molar-refractivity contribution is -0.121. The summed E-state index contributed by atoms with van der Waals surface area (Å²) >= 11 is 0. The molecule has 0 radical (unpaired) electrons. The topological polar surface area (TPSA) is 73.1 Å². The Labute approximate surface area is 127 Å². The molecule has 1 aromatic heterocycles. The van der Waals surface area contributed by atoms with Crippen LogP contribution in [0.15, 0.2) is 33.9 Å². The van der Waals surface area contributed by atoms with Crippen LogP contribution in [0.2, 0.25) is 0 Å². The summed E-state index contributed by atoms with van der Waals surface area (Å²) in [7, 11) is 0. The molecule has 116 valence electrons. The Morgan fingerprint density at radius 3 is 2.59 bits per heavy atom. The Hall–Kier alpha value is -2.37. The summed E-state index contributed by atoms with van der Waals surface area (Å²) in [6.45, 7) is 3.50. The third kappa shape index (κ3) is 2.56. The largest absolute Gasteiger partial charge is 0.352 e. The summed E-state index contributed by atoms with van der Waals surface area (Å²) < 4.78 is 2.58. The summed E-state index contributed by atoms with van der Waals surface area (Å²) in [5.74, 6) is -0.191. The zero-order valence-corrected chi connectivity index (χ0v) is 12.7. The number of carbonyl (C=O) groups excluding carboxylic acids is 1. The molecular formula is C16H19N3O3. The van der Waals surface area contributed by atoms with Crippen LogP contribution >= 0.6 is 0 Å². The number of nitrogens with zero attached hydrogens (tertiary/aromatic N) is 2. The second-order valence-corrected chi connectivity index (χ2v) is 6.00. The van der Waals surface area contributed by atoms with E-state index in [1.54, 1.807) is 38.1 Å². The van der Waals surface area contributed by atoms with E-state index in [2.05, 4.69) is 5.32 Å². The lowest BCUT2D eigenvalue weighted by Crippen LogP contribution is -2.43. The Morgan fingerprint density at radius 1 is 1.27 bits per heavy atom. The van der Waals surface area contributed by atoms with Gasteiger partial charge >= 0.3 is 5.69 Å². The first-order valence-electron chi connectivity index (χ1n) is 7.52. The van der Waals surface area contributed by atoms with Crippen molar-refractivity contribution >= 4 is 16.8 Å². The molecule has 0 bridgehead atoms. The fraction of sp³-hybridized carbons (Fsp3) is 0.438. The molecule has 0 aliphatic heterocycles. The van der Waals surface area contributed by atoms with E-state index in [1.807, 2.05) is 0 Å². The van der Waals surface area contributed by atoms with Crippen LogP contribution in [0.25, 0.3) is 10.9 Å². The second-order valence-electron chi connectivity index (χ2n) is 6.00. The van der Waals surface area contributed by atoms with E-state index < -0.39 is 5.69 Å². The van der Waals surface area contributed by atoms with Crippen molar-refractivity contribution in [1.82, 2.24) is 14.5 Å². The van der Waals surface area contributed by atoms with E-state index in [9.17, 15) is 14.4 Å². The van der Waals surface area contributed by atoms with E-state index in [1.165, 1.54) is 9.13 Å². The van der Waals surface area contributed by atoms with Gasteiger partial charge in [-0.15, -0.1) is 0 Å². The zero-order valence-electron chi connectivity index (χ0n) is 12.7. The second kappa shape index (κ2) is 5.44. The maximum Gasteiger partial charge on any atom is 0.332 e. The number of fused-ring (bicyclic) bond motifs is 1. The molecule has 0 spiro atoms. The SMILES string of the molecule is CC(C)n1c(=O)c2ccccc2n(CC(=O)NC2CC2)c1=O. The molecule has 1 aliphatic rings. The fourth-order valence-electron chi connectivity index (χ4n) is 2.59. The van der Waals surface area contributed by atoms with Gasteiger partial charge in [0.05, 0.1) is 10.9 Å². The highest BCUT2D eigenvalue weighted by Crippen LogP contribution is 2.18. The van der Waals surface area contributed by atoms with E-state index in [4.69, 9.17) is 0 Å². The normalized spacial score (nSPS) is 14.5. The molecule has 1 aromatic carbocycles. The monoisotopic (exact) mass is 301 g/mol. The smallest absolute Gasteiger partial charge is 0.332 e. The number of rotatable bonds is 4.